The number of benzene rings is 1. The molecule has 1 rings (SSSR count). The molecule has 0 spiro atoms. The third-order valence-corrected chi connectivity index (χ3v) is 3.23. The quantitative estimate of drug-likeness (QED) is 0.516. The van der Waals surface area contributed by atoms with E-state index in [-0.39, 0.29) is 0 Å². The zero-order valence-electron chi connectivity index (χ0n) is 14.8. The molecule has 7 heteroatoms. The maximum Gasteiger partial charge on any atom is 0.407 e. The summed E-state index contributed by atoms with van der Waals surface area (Å²) in [5, 5.41) is 9.40. The summed E-state index contributed by atoms with van der Waals surface area (Å²) < 4.78 is 10.3. The average Bonchev–Trinajstić information content (AvgIpc) is 2.50. The van der Waals surface area contributed by atoms with Crippen LogP contribution in [0.2, 0.25) is 0 Å². The van der Waals surface area contributed by atoms with Crippen molar-refractivity contribution < 1.29 is 14.3 Å². The maximum atomic E-state index is 11.5. The van der Waals surface area contributed by atoms with E-state index in [1.54, 1.807) is 7.11 Å². The van der Waals surface area contributed by atoms with Gasteiger partial charge in [0.15, 0.2) is 5.11 Å². The number of hydrogen-bond acceptors (Lipinski definition) is 4. The van der Waals surface area contributed by atoms with E-state index in [9.17, 15) is 4.79 Å². The Hall–Kier alpha value is -2.02. The van der Waals surface area contributed by atoms with Gasteiger partial charge in [0.1, 0.15) is 11.4 Å². The van der Waals surface area contributed by atoms with Crippen molar-refractivity contribution in [2.75, 3.05) is 26.7 Å². The van der Waals surface area contributed by atoms with Gasteiger partial charge in [-0.25, -0.2) is 4.79 Å². The Kier molecular flexibility index (Phi) is 8.32. The number of methoxy groups -OCH3 is 1. The van der Waals surface area contributed by atoms with Crippen LogP contribution < -0.4 is 20.7 Å². The highest BCUT2D eigenvalue weighted by Crippen LogP contribution is 2.11. The van der Waals surface area contributed by atoms with Crippen LogP contribution in [0.4, 0.5) is 4.79 Å². The van der Waals surface area contributed by atoms with Crippen molar-refractivity contribution in [3.63, 3.8) is 0 Å². The molecule has 1 aromatic carbocycles. The second kappa shape index (κ2) is 9.97. The Balaban J connectivity index is 2.10. The fraction of sp³-hybridized carbons (Fsp3) is 0.529. The molecule has 0 saturated carbocycles. The Bertz CT molecular complexity index is 527. The van der Waals surface area contributed by atoms with E-state index >= 15 is 0 Å². The highest BCUT2D eigenvalue weighted by Gasteiger charge is 2.15. The number of carbonyl (C=O) groups excluding carboxylic acids is 1. The number of carbonyl (C=O) groups is 1. The van der Waals surface area contributed by atoms with Gasteiger partial charge >= 0.3 is 6.09 Å². The summed E-state index contributed by atoms with van der Waals surface area (Å²) in [7, 11) is 1.65. The van der Waals surface area contributed by atoms with Crippen molar-refractivity contribution in [1.29, 1.82) is 0 Å². The number of nitrogens with one attached hydrogen (secondary N) is 3. The highest BCUT2D eigenvalue weighted by atomic mass is 32.1. The molecule has 0 radical (unpaired) electrons. The fourth-order valence-corrected chi connectivity index (χ4v) is 2.03. The van der Waals surface area contributed by atoms with Gasteiger partial charge in [-0.2, -0.15) is 0 Å². The van der Waals surface area contributed by atoms with Gasteiger partial charge in [-0.1, -0.05) is 12.1 Å². The summed E-state index contributed by atoms with van der Waals surface area (Å²) >= 11 is 5.19. The zero-order valence-corrected chi connectivity index (χ0v) is 15.6. The summed E-state index contributed by atoms with van der Waals surface area (Å²) in [6.45, 7) is 7.19. The molecule has 134 valence electrons. The van der Waals surface area contributed by atoms with E-state index in [1.807, 2.05) is 45.0 Å². The predicted molar refractivity (Wildman–Crippen MR) is 99.5 cm³/mol. The third-order valence-electron chi connectivity index (χ3n) is 2.94. The first kappa shape index (κ1) is 20.0. The van der Waals surface area contributed by atoms with E-state index in [0.29, 0.717) is 18.2 Å². The molecule has 0 bridgehead atoms. The van der Waals surface area contributed by atoms with Gasteiger partial charge < -0.3 is 25.4 Å². The lowest BCUT2D eigenvalue weighted by Gasteiger charge is -2.19. The molecule has 0 unspecified atom stereocenters. The first-order valence-corrected chi connectivity index (χ1v) is 8.32. The van der Waals surface area contributed by atoms with Crippen LogP contribution >= 0.6 is 12.2 Å². The van der Waals surface area contributed by atoms with Crippen LogP contribution in [0.25, 0.3) is 0 Å². The van der Waals surface area contributed by atoms with E-state index in [1.165, 1.54) is 5.56 Å². The lowest BCUT2D eigenvalue weighted by molar-refractivity contribution is 0.0529. The Morgan fingerprint density at radius 3 is 2.21 bits per heavy atom. The van der Waals surface area contributed by atoms with Crippen molar-refractivity contribution in [3.8, 4) is 5.75 Å². The summed E-state index contributed by atoms with van der Waals surface area (Å²) in [5.41, 5.74) is 0.716. The number of rotatable bonds is 7. The molecular weight excluding hydrogens is 326 g/mol. The molecule has 0 heterocycles. The minimum atomic E-state index is -0.490. The molecule has 0 aliphatic heterocycles. The molecular formula is C17H27N3O3S. The van der Waals surface area contributed by atoms with Gasteiger partial charge in [-0.05, 0) is 57.1 Å². The summed E-state index contributed by atoms with van der Waals surface area (Å²) in [4.78, 5) is 11.5. The van der Waals surface area contributed by atoms with Gasteiger partial charge in [0.2, 0.25) is 0 Å². The third kappa shape index (κ3) is 9.19. The Morgan fingerprint density at radius 1 is 1.04 bits per heavy atom. The summed E-state index contributed by atoms with van der Waals surface area (Å²) in [6.07, 6.45) is 0.435. The van der Waals surface area contributed by atoms with Crippen LogP contribution in [0.3, 0.4) is 0 Å². The van der Waals surface area contributed by atoms with Crippen LogP contribution in [0.15, 0.2) is 24.3 Å². The van der Waals surface area contributed by atoms with Crippen LogP contribution in [0.1, 0.15) is 26.3 Å². The van der Waals surface area contributed by atoms with E-state index < -0.39 is 11.7 Å². The Morgan fingerprint density at radius 2 is 1.62 bits per heavy atom. The molecule has 0 aromatic heterocycles. The molecule has 0 fully saturated rings. The lowest BCUT2D eigenvalue weighted by Crippen LogP contribution is -2.41. The highest BCUT2D eigenvalue weighted by molar-refractivity contribution is 7.80. The maximum absolute atomic E-state index is 11.5. The van der Waals surface area contributed by atoms with Crippen molar-refractivity contribution >= 4 is 23.4 Å². The van der Waals surface area contributed by atoms with Gasteiger partial charge in [0.25, 0.3) is 0 Å². The lowest BCUT2D eigenvalue weighted by atomic mass is 10.1. The topological polar surface area (TPSA) is 71.6 Å². The van der Waals surface area contributed by atoms with Gasteiger partial charge in [0.05, 0.1) is 7.11 Å². The average molecular weight is 353 g/mol. The number of alkyl carbamates (subject to hydrolysis) is 1. The molecule has 6 nitrogen and oxygen atoms in total. The molecule has 24 heavy (non-hydrogen) atoms. The largest absolute Gasteiger partial charge is 0.497 e. The van der Waals surface area contributed by atoms with Gasteiger partial charge in [-0.15, -0.1) is 0 Å². The van der Waals surface area contributed by atoms with Crippen LogP contribution in [0, 0.1) is 0 Å². The summed E-state index contributed by atoms with van der Waals surface area (Å²) in [6, 6.07) is 7.94. The van der Waals surface area contributed by atoms with Crippen LogP contribution in [-0.4, -0.2) is 43.6 Å². The van der Waals surface area contributed by atoms with Crippen molar-refractivity contribution in [2.45, 2.75) is 32.8 Å². The molecule has 1 amide bonds. The summed E-state index contributed by atoms with van der Waals surface area (Å²) in [5.74, 6) is 0.849. The fourth-order valence-electron chi connectivity index (χ4n) is 1.83. The molecule has 0 atom stereocenters. The second-order valence-corrected chi connectivity index (χ2v) is 6.62. The van der Waals surface area contributed by atoms with Crippen molar-refractivity contribution in [3.05, 3.63) is 29.8 Å². The molecule has 1 aromatic rings. The van der Waals surface area contributed by atoms with E-state index in [4.69, 9.17) is 21.7 Å². The monoisotopic (exact) mass is 353 g/mol. The number of hydrogen-bond donors (Lipinski definition) is 3. The SMILES string of the molecule is COc1ccc(CCNC(=S)NCCNC(=O)OC(C)(C)C)cc1. The first-order valence-electron chi connectivity index (χ1n) is 7.91. The minimum absolute atomic E-state index is 0.428. The van der Waals surface area contributed by atoms with Crippen LogP contribution in [0.5, 0.6) is 5.75 Å². The molecule has 0 aliphatic carbocycles. The first-order chi connectivity index (χ1) is 11.3. The van der Waals surface area contributed by atoms with E-state index in [0.717, 1.165) is 18.7 Å². The molecule has 0 aliphatic rings. The number of amides is 1. The van der Waals surface area contributed by atoms with Crippen molar-refractivity contribution in [1.82, 2.24) is 16.0 Å². The zero-order chi connectivity index (χ0) is 18.0. The van der Waals surface area contributed by atoms with Crippen LogP contribution in [-0.2, 0) is 11.2 Å². The number of thiocarbonyl (C=S) groups is 1. The minimum Gasteiger partial charge on any atom is -0.497 e. The molecule has 0 saturated heterocycles. The standard InChI is InChI=1S/C17H27N3O3S/c1-17(2,3)23-16(21)20-12-11-19-15(24)18-10-9-13-5-7-14(22-4)8-6-13/h5-8H,9-12H2,1-4H3,(H,20,21)(H2,18,19,24). The van der Waals surface area contributed by atoms with E-state index in [2.05, 4.69) is 16.0 Å². The number of ether oxygens (including phenoxy) is 2. The normalized spacial score (nSPS) is 10.7. The Labute approximate surface area is 149 Å². The molecule has 3 N–H and O–H groups in total. The van der Waals surface area contributed by atoms with Gasteiger partial charge in [-0.3, -0.25) is 0 Å². The second-order valence-electron chi connectivity index (χ2n) is 6.21. The van der Waals surface area contributed by atoms with Crippen molar-refractivity contribution in [2.24, 2.45) is 0 Å². The predicted octanol–water partition coefficient (Wildman–Crippen LogP) is 2.23. The van der Waals surface area contributed by atoms with Gasteiger partial charge in [0, 0.05) is 19.6 Å². The smallest absolute Gasteiger partial charge is 0.407 e.